The summed E-state index contributed by atoms with van der Waals surface area (Å²) in [4.78, 5) is 33.4. The lowest BCUT2D eigenvalue weighted by atomic mass is 9.86. The minimum absolute atomic E-state index is 0. The molecule has 3 fully saturated rings. The summed E-state index contributed by atoms with van der Waals surface area (Å²) in [5, 5.41) is 3.98. The monoisotopic (exact) mass is 745 g/mol. The van der Waals surface area contributed by atoms with Crippen LogP contribution in [0.2, 0.25) is 10.0 Å². The molecule has 2 aromatic carbocycles. The van der Waals surface area contributed by atoms with E-state index in [-0.39, 0.29) is 30.1 Å². The number of H-pyrrole nitrogens is 1. The Labute approximate surface area is 303 Å². The molecular weight excluding hydrogens is 708 g/mol. The zero-order valence-electron chi connectivity index (χ0n) is 27.5. The van der Waals surface area contributed by atoms with Crippen LogP contribution in [0.25, 0.3) is 0 Å². The van der Waals surface area contributed by atoms with Crippen molar-refractivity contribution in [2.75, 3.05) is 33.9 Å². The summed E-state index contributed by atoms with van der Waals surface area (Å²) >= 11 is 14.1. The summed E-state index contributed by atoms with van der Waals surface area (Å²) < 4.78 is 37.9. The van der Waals surface area contributed by atoms with E-state index in [0.717, 1.165) is 30.8 Å². The Hall–Kier alpha value is -3.78. The highest BCUT2D eigenvalue weighted by Crippen LogP contribution is 2.36. The fourth-order valence-electron chi connectivity index (χ4n) is 6.40. The Kier molecular flexibility index (Phi) is 12.7. The van der Waals surface area contributed by atoms with Gasteiger partial charge in [-0.05, 0) is 67.7 Å². The number of nitrogens with one attached hydrogen (secondary N) is 2. The summed E-state index contributed by atoms with van der Waals surface area (Å²) in [6.07, 6.45) is 4.39. The van der Waals surface area contributed by atoms with E-state index in [4.69, 9.17) is 42.1 Å². The number of nitrogens with zero attached hydrogens (tertiary/aromatic N) is 1. The molecule has 0 spiro atoms. The Bertz CT molecular complexity index is 1780. The number of carbonyl (C=O) groups excluding carboxylic acids is 2. The lowest BCUT2D eigenvalue weighted by molar-refractivity contribution is -0.377. The van der Waals surface area contributed by atoms with Gasteiger partial charge in [0, 0.05) is 35.5 Å². The molecule has 0 saturated carbocycles. The molecule has 7 rings (SSSR count). The number of esters is 2. The zero-order valence-corrected chi connectivity index (χ0v) is 29.8. The second-order valence-corrected chi connectivity index (χ2v) is 14.0. The molecule has 2 bridgehead atoms. The van der Waals surface area contributed by atoms with Gasteiger partial charge < -0.3 is 24.4 Å². The number of piperidine rings is 3. The molecule has 50 heavy (non-hydrogen) atoms. The van der Waals surface area contributed by atoms with Gasteiger partial charge in [0.2, 0.25) is 0 Å². The average Bonchev–Trinajstić information content (AvgIpc) is 3.59. The Morgan fingerprint density at radius 2 is 1.74 bits per heavy atom. The summed E-state index contributed by atoms with van der Waals surface area (Å²) in [7, 11) is 3.07. The number of ether oxygens (including phenoxy) is 4. The first kappa shape index (κ1) is 37.5. The van der Waals surface area contributed by atoms with Crippen molar-refractivity contribution in [1.29, 1.82) is 0 Å². The standard InChI is InChI=1S/C36H36Cl2FN3O6S.H2O/c1-45-29-9-7-22(15-31(29)46-2)30(16-25-26(37)18-40-19-27(25)38)47-35(43)33-10-8-23(49-33)17-41-34(24-5-3-4-6-28(24)39)36(44)48-32-20-42-13-11-21(32)12-14-42;/h3-10,15,18-19,21,30,32,34,41H,11-14,16-17,20H2,1-2H3;1H2/t30-,32-,34?;/m0./s1. The molecule has 0 aliphatic carbocycles. The van der Waals surface area contributed by atoms with E-state index < -0.39 is 29.9 Å². The second-order valence-electron chi connectivity index (χ2n) is 12.1. The number of hydrogen-bond acceptors (Lipinski definition) is 10. The highest BCUT2D eigenvalue weighted by atomic mass is 35.5. The first-order chi connectivity index (χ1) is 23.7. The van der Waals surface area contributed by atoms with Gasteiger partial charge in [-0.25, -0.2) is 19.0 Å². The van der Waals surface area contributed by atoms with Crippen molar-refractivity contribution in [2.45, 2.75) is 44.1 Å². The number of fused-ring (bicyclic) bond motifs is 3. The molecule has 266 valence electrons. The SMILES string of the molecule is COc1ccc([C@H](Cc2c(Cl)c[nH+]cc2Cl)OC(=O)c2ccc(CNC(C(=O)O[C@H]3CN4CCC3CC4)c3ccccc3F)s2)cc1OC.[OH-]. The minimum atomic E-state index is -1.03. The van der Waals surface area contributed by atoms with Gasteiger partial charge in [-0.15, -0.1) is 11.3 Å². The molecule has 3 aliphatic heterocycles. The van der Waals surface area contributed by atoms with E-state index in [1.54, 1.807) is 60.9 Å². The van der Waals surface area contributed by atoms with Gasteiger partial charge in [0.15, 0.2) is 23.9 Å². The van der Waals surface area contributed by atoms with Crippen LogP contribution < -0.4 is 19.8 Å². The van der Waals surface area contributed by atoms with Gasteiger partial charge in [-0.3, -0.25) is 10.2 Å². The van der Waals surface area contributed by atoms with Gasteiger partial charge in [0.25, 0.3) is 0 Å². The van der Waals surface area contributed by atoms with E-state index in [0.29, 0.717) is 50.0 Å². The van der Waals surface area contributed by atoms with Crippen LogP contribution >= 0.6 is 34.5 Å². The van der Waals surface area contributed by atoms with Crippen LogP contribution in [-0.2, 0) is 27.2 Å². The van der Waals surface area contributed by atoms with Crippen LogP contribution in [0.1, 0.15) is 56.2 Å². The molecule has 3 atom stereocenters. The molecule has 5 heterocycles. The predicted molar refractivity (Wildman–Crippen MR) is 186 cm³/mol. The Morgan fingerprint density at radius 1 is 1.02 bits per heavy atom. The third kappa shape index (κ3) is 8.56. The number of carbonyl (C=O) groups is 2. The van der Waals surface area contributed by atoms with Crippen LogP contribution in [0.4, 0.5) is 4.39 Å². The average molecular weight is 747 g/mol. The molecule has 4 aromatic rings. The Morgan fingerprint density at radius 3 is 2.40 bits per heavy atom. The number of aromatic nitrogens is 1. The summed E-state index contributed by atoms with van der Waals surface area (Å²) in [5.74, 6) is -0.263. The van der Waals surface area contributed by atoms with Crippen molar-refractivity contribution < 1.29 is 43.4 Å². The van der Waals surface area contributed by atoms with Crippen LogP contribution in [0.5, 0.6) is 11.5 Å². The van der Waals surface area contributed by atoms with Crippen molar-refractivity contribution in [1.82, 2.24) is 10.2 Å². The van der Waals surface area contributed by atoms with E-state index in [1.165, 1.54) is 31.6 Å². The summed E-state index contributed by atoms with van der Waals surface area (Å²) in [6.45, 7) is 2.91. The first-order valence-corrected chi connectivity index (χ1v) is 17.6. The van der Waals surface area contributed by atoms with Gasteiger partial charge in [0.1, 0.15) is 39.0 Å². The van der Waals surface area contributed by atoms with E-state index in [1.807, 2.05) is 0 Å². The summed E-state index contributed by atoms with van der Waals surface area (Å²) in [5.41, 5.74) is 1.47. The molecule has 2 aromatic heterocycles. The van der Waals surface area contributed by atoms with Crippen molar-refractivity contribution in [3.05, 3.63) is 109 Å². The highest BCUT2D eigenvalue weighted by Gasteiger charge is 2.38. The lowest BCUT2D eigenvalue weighted by Crippen LogP contribution is -2.52. The quantitative estimate of drug-likeness (QED) is 0.153. The van der Waals surface area contributed by atoms with Gasteiger partial charge in [-0.1, -0.05) is 47.5 Å². The van der Waals surface area contributed by atoms with Crippen LogP contribution in [0, 0.1) is 11.7 Å². The van der Waals surface area contributed by atoms with Crippen molar-refractivity contribution in [2.24, 2.45) is 5.92 Å². The van der Waals surface area contributed by atoms with Gasteiger partial charge in [-0.2, -0.15) is 0 Å². The molecule has 10 nitrogen and oxygen atoms in total. The third-order valence-electron chi connectivity index (χ3n) is 9.07. The van der Waals surface area contributed by atoms with Crippen LogP contribution in [0.15, 0.2) is 67.0 Å². The minimum Gasteiger partial charge on any atom is -0.870 e. The summed E-state index contributed by atoms with van der Waals surface area (Å²) in [6, 6.07) is 13.9. The maximum atomic E-state index is 15.0. The topological polar surface area (TPSA) is 130 Å². The second kappa shape index (κ2) is 17.0. The fraction of sp³-hybridized carbons (Fsp3) is 0.361. The molecule has 14 heteroatoms. The maximum absolute atomic E-state index is 15.0. The fourth-order valence-corrected chi connectivity index (χ4v) is 7.77. The number of halogens is 3. The van der Waals surface area contributed by atoms with Crippen molar-refractivity contribution in [3.63, 3.8) is 0 Å². The number of rotatable bonds is 13. The third-order valence-corrected chi connectivity index (χ3v) is 10.8. The van der Waals surface area contributed by atoms with Crippen molar-refractivity contribution in [3.8, 4) is 11.5 Å². The van der Waals surface area contributed by atoms with Gasteiger partial charge >= 0.3 is 11.9 Å². The van der Waals surface area contributed by atoms with Crippen molar-refractivity contribution >= 4 is 46.5 Å². The predicted octanol–water partition coefficient (Wildman–Crippen LogP) is 6.46. The molecular formula is C36H38Cl2FN3O7S. The molecule has 3 saturated heterocycles. The highest BCUT2D eigenvalue weighted by molar-refractivity contribution is 7.13. The number of methoxy groups -OCH3 is 2. The maximum Gasteiger partial charge on any atom is 0.348 e. The molecule has 0 amide bonds. The van der Waals surface area contributed by atoms with E-state index >= 15 is 0 Å². The van der Waals surface area contributed by atoms with E-state index in [2.05, 4.69) is 15.2 Å². The lowest BCUT2D eigenvalue weighted by Gasteiger charge is -2.44. The smallest absolute Gasteiger partial charge is 0.348 e. The van der Waals surface area contributed by atoms with Crippen LogP contribution in [-0.4, -0.2) is 62.3 Å². The number of benzene rings is 2. The normalized spacial score (nSPS) is 19.2. The number of pyridine rings is 1. The van der Waals surface area contributed by atoms with E-state index in [9.17, 15) is 14.0 Å². The zero-order chi connectivity index (χ0) is 34.5. The van der Waals surface area contributed by atoms with Crippen LogP contribution in [0.3, 0.4) is 0 Å². The number of hydrogen-bond donors (Lipinski definition) is 1. The molecule has 1 unspecified atom stereocenters. The number of thiophene rings is 1. The molecule has 3 N–H and O–H groups in total. The largest absolute Gasteiger partial charge is 0.870 e. The Balaban J connectivity index is 0.00000486. The van der Waals surface area contributed by atoms with Gasteiger partial charge in [0.05, 0.1) is 14.2 Å². The number of aromatic amines is 1. The molecule has 3 aliphatic rings. The molecule has 0 radical (unpaired) electrons. The first-order valence-electron chi connectivity index (χ1n) is 16.0.